The van der Waals surface area contributed by atoms with Gasteiger partial charge in [-0.05, 0) is 26.3 Å². The highest BCUT2D eigenvalue weighted by atomic mass is 127. The topological polar surface area (TPSA) is 74.5 Å². The number of aliphatic imine (C=N–C) groups is 1. The van der Waals surface area contributed by atoms with Gasteiger partial charge < -0.3 is 15.7 Å². The summed E-state index contributed by atoms with van der Waals surface area (Å²) in [5.74, 6) is 0.706. The third-order valence-electron chi connectivity index (χ3n) is 4.22. The third kappa shape index (κ3) is 6.60. The Morgan fingerprint density at radius 1 is 1.23 bits per heavy atom. The average molecular weight is 471 g/mol. The van der Waals surface area contributed by atoms with Crippen molar-refractivity contribution in [3.63, 3.8) is 0 Å². The van der Waals surface area contributed by atoms with Gasteiger partial charge in [-0.1, -0.05) is 30.3 Å². The Kier molecular flexibility index (Phi) is 9.64. The van der Waals surface area contributed by atoms with Gasteiger partial charge in [-0.15, -0.1) is 24.0 Å². The Hall–Kier alpha value is -1.61. The van der Waals surface area contributed by atoms with Crippen LogP contribution >= 0.6 is 24.0 Å². The predicted molar refractivity (Wildman–Crippen MR) is 117 cm³/mol. The first-order chi connectivity index (χ1) is 12.0. The first-order valence-corrected chi connectivity index (χ1v) is 8.74. The second-order valence-electron chi connectivity index (χ2n) is 6.19. The Labute approximate surface area is 173 Å². The number of aliphatic hydroxyl groups is 1. The summed E-state index contributed by atoms with van der Waals surface area (Å²) in [5, 5.41) is 21.1. The number of guanidine groups is 1. The highest BCUT2D eigenvalue weighted by Gasteiger charge is 2.10. The number of nitrogens with zero attached hydrogens (tertiary/aromatic N) is 3. The van der Waals surface area contributed by atoms with Crippen molar-refractivity contribution in [3.05, 3.63) is 52.8 Å². The molecule has 0 saturated carbocycles. The minimum Gasteiger partial charge on any atom is -0.391 e. The lowest BCUT2D eigenvalue weighted by atomic mass is 10.1. The smallest absolute Gasteiger partial charge is 0.191 e. The Balaban J connectivity index is 0.00000338. The van der Waals surface area contributed by atoms with Crippen molar-refractivity contribution in [2.45, 2.75) is 39.8 Å². The fourth-order valence-corrected chi connectivity index (χ4v) is 2.72. The van der Waals surface area contributed by atoms with Crippen LogP contribution in [0.5, 0.6) is 0 Å². The summed E-state index contributed by atoms with van der Waals surface area (Å²) in [6.45, 7) is 7.86. The molecule has 0 aliphatic carbocycles. The van der Waals surface area contributed by atoms with Crippen LogP contribution in [0.1, 0.15) is 29.4 Å². The largest absolute Gasteiger partial charge is 0.391 e. The van der Waals surface area contributed by atoms with Crippen molar-refractivity contribution in [1.29, 1.82) is 0 Å². The molecule has 2 aromatic rings. The van der Waals surface area contributed by atoms with Crippen LogP contribution < -0.4 is 10.6 Å². The predicted octanol–water partition coefficient (Wildman–Crippen LogP) is 2.31. The molecule has 0 saturated heterocycles. The summed E-state index contributed by atoms with van der Waals surface area (Å²) in [6.07, 6.45) is 0.154. The van der Waals surface area contributed by atoms with Crippen LogP contribution in [0.25, 0.3) is 0 Å². The summed E-state index contributed by atoms with van der Waals surface area (Å²) in [7, 11) is 1.94. The molecule has 6 nitrogen and oxygen atoms in total. The van der Waals surface area contributed by atoms with Crippen LogP contribution in [0.3, 0.4) is 0 Å². The number of hydrogen-bond acceptors (Lipinski definition) is 3. The molecule has 144 valence electrons. The maximum absolute atomic E-state index is 10.2. The summed E-state index contributed by atoms with van der Waals surface area (Å²) in [6, 6.07) is 10.00. The van der Waals surface area contributed by atoms with E-state index < -0.39 is 6.10 Å². The molecule has 0 aliphatic heterocycles. The lowest BCUT2D eigenvalue weighted by Gasteiger charge is -2.15. The average Bonchev–Trinajstić information content (AvgIpc) is 2.83. The zero-order valence-corrected chi connectivity index (χ0v) is 18.3. The molecule has 0 fully saturated rings. The fraction of sp³-hybridized carbons (Fsp3) is 0.474. The standard InChI is InChI=1S/C19H29N5O.HI/c1-5-20-19(22-13-18-14(2)23-24(4)15(18)3)21-12-17(25)11-16-9-7-6-8-10-16;/h6-10,17,25H,5,11-13H2,1-4H3,(H2,20,21,22);1H. The number of rotatable bonds is 7. The van der Waals surface area contributed by atoms with Crippen LogP contribution in [0.4, 0.5) is 0 Å². The van der Waals surface area contributed by atoms with E-state index in [-0.39, 0.29) is 24.0 Å². The molecule has 0 aliphatic rings. The molecule has 1 heterocycles. The van der Waals surface area contributed by atoms with Crippen LogP contribution in [0.15, 0.2) is 35.3 Å². The Bertz CT molecular complexity index is 699. The van der Waals surface area contributed by atoms with Crippen molar-refractivity contribution in [2.75, 3.05) is 13.1 Å². The van der Waals surface area contributed by atoms with Gasteiger partial charge in [-0.3, -0.25) is 4.68 Å². The Morgan fingerprint density at radius 3 is 2.50 bits per heavy atom. The van der Waals surface area contributed by atoms with Gasteiger partial charge in [0.05, 0.1) is 18.3 Å². The van der Waals surface area contributed by atoms with E-state index in [0.29, 0.717) is 25.5 Å². The van der Waals surface area contributed by atoms with Crippen LogP contribution in [-0.4, -0.2) is 40.0 Å². The second kappa shape index (κ2) is 11.2. The first-order valence-electron chi connectivity index (χ1n) is 8.74. The maximum Gasteiger partial charge on any atom is 0.191 e. The van der Waals surface area contributed by atoms with Gasteiger partial charge in [-0.2, -0.15) is 5.10 Å². The SMILES string of the molecule is CCNC(=NCc1c(C)nn(C)c1C)NCC(O)Cc1ccccc1.I. The van der Waals surface area contributed by atoms with Gasteiger partial charge in [0.25, 0.3) is 0 Å². The number of aromatic nitrogens is 2. The molecule has 0 amide bonds. The molecule has 2 rings (SSSR count). The normalized spacial score (nSPS) is 12.4. The van der Waals surface area contributed by atoms with E-state index >= 15 is 0 Å². The van der Waals surface area contributed by atoms with Gasteiger partial charge in [0.15, 0.2) is 5.96 Å². The van der Waals surface area contributed by atoms with E-state index in [4.69, 9.17) is 0 Å². The monoisotopic (exact) mass is 471 g/mol. The van der Waals surface area contributed by atoms with E-state index in [0.717, 1.165) is 29.1 Å². The summed E-state index contributed by atoms with van der Waals surface area (Å²) >= 11 is 0. The number of hydrogen-bond donors (Lipinski definition) is 3. The first kappa shape index (κ1) is 22.4. The van der Waals surface area contributed by atoms with E-state index in [9.17, 15) is 5.11 Å². The molecule has 0 spiro atoms. The molecule has 1 aromatic carbocycles. The summed E-state index contributed by atoms with van der Waals surface area (Å²) < 4.78 is 1.88. The lowest BCUT2D eigenvalue weighted by Crippen LogP contribution is -2.41. The van der Waals surface area contributed by atoms with Crippen molar-refractivity contribution in [3.8, 4) is 0 Å². The third-order valence-corrected chi connectivity index (χ3v) is 4.22. The van der Waals surface area contributed by atoms with Crippen molar-refractivity contribution >= 4 is 29.9 Å². The van der Waals surface area contributed by atoms with E-state index in [1.54, 1.807) is 0 Å². The number of aliphatic hydroxyl groups excluding tert-OH is 1. The zero-order chi connectivity index (χ0) is 18.2. The van der Waals surface area contributed by atoms with Crippen LogP contribution in [0, 0.1) is 13.8 Å². The second-order valence-corrected chi connectivity index (χ2v) is 6.19. The summed E-state index contributed by atoms with van der Waals surface area (Å²) in [4.78, 5) is 4.63. The number of benzene rings is 1. The Morgan fingerprint density at radius 2 is 1.92 bits per heavy atom. The molecule has 26 heavy (non-hydrogen) atoms. The molecule has 7 heteroatoms. The quantitative estimate of drug-likeness (QED) is 0.329. The minimum absolute atomic E-state index is 0. The van der Waals surface area contributed by atoms with Crippen LogP contribution in [0.2, 0.25) is 0 Å². The lowest BCUT2D eigenvalue weighted by molar-refractivity contribution is 0.177. The van der Waals surface area contributed by atoms with E-state index in [2.05, 4.69) is 27.6 Å². The molecule has 3 N–H and O–H groups in total. The van der Waals surface area contributed by atoms with Crippen molar-refractivity contribution in [2.24, 2.45) is 12.0 Å². The van der Waals surface area contributed by atoms with Gasteiger partial charge in [-0.25, -0.2) is 4.99 Å². The number of aryl methyl sites for hydroxylation is 2. The van der Waals surface area contributed by atoms with Crippen molar-refractivity contribution < 1.29 is 5.11 Å². The number of halogens is 1. The summed E-state index contributed by atoms with van der Waals surface area (Å²) in [5.41, 5.74) is 4.40. The molecular weight excluding hydrogens is 441 g/mol. The van der Waals surface area contributed by atoms with E-state index in [1.807, 2.05) is 55.9 Å². The number of nitrogens with one attached hydrogen (secondary N) is 2. The maximum atomic E-state index is 10.2. The molecule has 1 unspecified atom stereocenters. The highest BCUT2D eigenvalue weighted by molar-refractivity contribution is 14.0. The molecule has 1 atom stereocenters. The van der Waals surface area contributed by atoms with Gasteiger partial charge in [0, 0.05) is 37.8 Å². The molecule has 1 aromatic heterocycles. The minimum atomic E-state index is -0.465. The highest BCUT2D eigenvalue weighted by Crippen LogP contribution is 2.12. The molecule has 0 bridgehead atoms. The zero-order valence-electron chi connectivity index (χ0n) is 16.0. The van der Waals surface area contributed by atoms with Gasteiger partial charge in [0.1, 0.15) is 0 Å². The molecular formula is C19H30IN5O. The van der Waals surface area contributed by atoms with E-state index in [1.165, 1.54) is 0 Å². The van der Waals surface area contributed by atoms with Gasteiger partial charge >= 0.3 is 0 Å². The van der Waals surface area contributed by atoms with Crippen LogP contribution in [-0.2, 0) is 20.0 Å². The molecule has 0 radical (unpaired) electrons. The van der Waals surface area contributed by atoms with Gasteiger partial charge in [0.2, 0.25) is 0 Å². The van der Waals surface area contributed by atoms with Crippen molar-refractivity contribution in [1.82, 2.24) is 20.4 Å². The fourth-order valence-electron chi connectivity index (χ4n) is 2.72.